The molecule has 0 saturated carbocycles. The minimum atomic E-state index is 0. The molecule has 2 aliphatic rings. The van der Waals surface area contributed by atoms with Crippen molar-refractivity contribution in [3.63, 3.8) is 0 Å². The van der Waals surface area contributed by atoms with Gasteiger partial charge in [0.2, 0.25) is 0 Å². The molecule has 17 heavy (non-hydrogen) atoms. The van der Waals surface area contributed by atoms with Crippen LogP contribution in [0, 0.1) is 5.92 Å². The number of hydrogen-bond acceptors (Lipinski definition) is 3. The van der Waals surface area contributed by atoms with E-state index in [0.29, 0.717) is 6.10 Å². The van der Waals surface area contributed by atoms with Gasteiger partial charge in [-0.3, -0.25) is 0 Å². The fraction of sp³-hybridized carbons (Fsp3) is 1.00. The summed E-state index contributed by atoms with van der Waals surface area (Å²) in [4.78, 5) is 2.63. The molecule has 2 aliphatic heterocycles. The second-order valence-corrected chi connectivity index (χ2v) is 5.29. The topological polar surface area (TPSA) is 24.5 Å². The molecule has 2 heterocycles. The molecule has 2 fully saturated rings. The molecule has 0 aliphatic carbocycles. The van der Waals surface area contributed by atoms with Crippen LogP contribution in [-0.2, 0) is 4.74 Å². The van der Waals surface area contributed by atoms with Gasteiger partial charge in [0.05, 0.1) is 6.10 Å². The van der Waals surface area contributed by atoms with E-state index in [0.717, 1.165) is 12.5 Å². The summed E-state index contributed by atoms with van der Waals surface area (Å²) in [6, 6.07) is 0. The third kappa shape index (κ3) is 5.12. The fourth-order valence-electron chi connectivity index (χ4n) is 3.01. The second kappa shape index (κ2) is 8.30. The molecule has 0 spiro atoms. The highest BCUT2D eigenvalue weighted by molar-refractivity contribution is 5.85. The Morgan fingerprint density at radius 2 is 2.18 bits per heavy atom. The first-order chi connectivity index (χ1) is 7.88. The van der Waals surface area contributed by atoms with E-state index in [1.165, 1.54) is 58.3 Å². The van der Waals surface area contributed by atoms with Crippen LogP contribution < -0.4 is 5.32 Å². The Morgan fingerprint density at radius 3 is 2.88 bits per heavy atom. The monoisotopic (exact) mass is 262 g/mol. The van der Waals surface area contributed by atoms with Gasteiger partial charge in [-0.25, -0.2) is 0 Å². The van der Waals surface area contributed by atoms with Gasteiger partial charge in [-0.05, 0) is 58.2 Å². The molecule has 2 saturated heterocycles. The first-order valence-electron chi connectivity index (χ1n) is 6.87. The van der Waals surface area contributed by atoms with Crippen LogP contribution in [-0.4, -0.2) is 50.8 Å². The normalized spacial score (nSPS) is 30.2. The van der Waals surface area contributed by atoms with Crippen LogP contribution in [0.3, 0.4) is 0 Å². The lowest BCUT2D eigenvalue weighted by Crippen LogP contribution is -2.40. The fourth-order valence-corrected chi connectivity index (χ4v) is 3.01. The average Bonchev–Trinajstić information content (AvgIpc) is 2.80. The van der Waals surface area contributed by atoms with Crippen LogP contribution in [0.25, 0.3) is 0 Å². The molecule has 2 atom stereocenters. The molecular formula is C13H27ClN2O. The van der Waals surface area contributed by atoms with Crippen LogP contribution in [0.2, 0.25) is 0 Å². The van der Waals surface area contributed by atoms with Crippen molar-refractivity contribution in [3.05, 3.63) is 0 Å². The molecule has 0 aromatic carbocycles. The highest BCUT2D eigenvalue weighted by Gasteiger charge is 2.21. The number of nitrogens with one attached hydrogen (secondary N) is 1. The largest absolute Gasteiger partial charge is 0.378 e. The van der Waals surface area contributed by atoms with Gasteiger partial charge in [-0.2, -0.15) is 0 Å². The number of piperidine rings is 1. The number of halogens is 1. The molecule has 102 valence electrons. The molecule has 3 nitrogen and oxygen atoms in total. The summed E-state index contributed by atoms with van der Waals surface area (Å²) in [5.41, 5.74) is 0. The van der Waals surface area contributed by atoms with E-state index in [1.54, 1.807) is 0 Å². The summed E-state index contributed by atoms with van der Waals surface area (Å²) in [5, 5.41) is 3.30. The molecule has 4 heteroatoms. The molecule has 0 bridgehead atoms. The van der Waals surface area contributed by atoms with Crippen molar-refractivity contribution in [3.8, 4) is 0 Å². The molecule has 2 rings (SSSR count). The third-order valence-electron chi connectivity index (χ3n) is 3.89. The lowest BCUT2D eigenvalue weighted by molar-refractivity contribution is 0.0832. The van der Waals surface area contributed by atoms with Crippen molar-refractivity contribution in [1.82, 2.24) is 10.2 Å². The maximum absolute atomic E-state index is 5.68. The molecule has 0 amide bonds. The molecule has 2 unspecified atom stereocenters. The van der Waals surface area contributed by atoms with Crippen molar-refractivity contribution in [1.29, 1.82) is 0 Å². The summed E-state index contributed by atoms with van der Waals surface area (Å²) >= 11 is 0. The van der Waals surface area contributed by atoms with Crippen LogP contribution in [0.15, 0.2) is 0 Å². The number of likely N-dealkylation sites (tertiary alicyclic amines) is 1. The first-order valence-corrected chi connectivity index (χ1v) is 6.87. The Kier molecular flexibility index (Phi) is 7.44. The van der Waals surface area contributed by atoms with Gasteiger partial charge in [-0.1, -0.05) is 0 Å². The van der Waals surface area contributed by atoms with Gasteiger partial charge in [0.25, 0.3) is 0 Å². The van der Waals surface area contributed by atoms with E-state index in [9.17, 15) is 0 Å². The summed E-state index contributed by atoms with van der Waals surface area (Å²) < 4.78 is 5.68. The van der Waals surface area contributed by atoms with Crippen LogP contribution in [0.5, 0.6) is 0 Å². The third-order valence-corrected chi connectivity index (χ3v) is 3.89. The maximum Gasteiger partial charge on any atom is 0.0588 e. The van der Waals surface area contributed by atoms with Gasteiger partial charge in [0, 0.05) is 19.7 Å². The molecular weight excluding hydrogens is 236 g/mol. The second-order valence-electron chi connectivity index (χ2n) is 5.29. The molecule has 1 N–H and O–H groups in total. The van der Waals surface area contributed by atoms with E-state index in [2.05, 4.69) is 17.3 Å². The first kappa shape index (κ1) is 15.2. The number of ether oxygens (including phenoxy) is 1. The van der Waals surface area contributed by atoms with Gasteiger partial charge < -0.3 is 15.0 Å². The minimum absolute atomic E-state index is 0. The minimum Gasteiger partial charge on any atom is -0.378 e. The number of hydrogen-bond donors (Lipinski definition) is 1. The summed E-state index contributed by atoms with van der Waals surface area (Å²) in [5.74, 6) is 0.864. The number of rotatable bonds is 5. The van der Waals surface area contributed by atoms with Gasteiger partial charge in [-0.15, -0.1) is 12.4 Å². The quantitative estimate of drug-likeness (QED) is 0.819. The summed E-state index contributed by atoms with van der Waals surface area (Å²) in [6.45, 7) is 5.99. The van der Waals surface area contributed by atoms with E-state index in [4.69, 9.17) is 4.74 Å². The van der Waals surface area contributed by atoms with Crippen LogP contribution in [0.1, 0.15) is 32.1 Å². The number of nitrogens with zero attached hydrogens (tertiary/aromatic N) is 1. The van der Waals surface area contributed by atoms with Crippen molar-refractivity contribution in [2.24, 2.45) is 5.92 Å². The highest BCUT2D eigenvalue weighted by atomic mass is 35.5. The lowest BCUT2D eigenvalue weighted by atomic mass is 9.97. The van der Waals surface area contributed by atoms with Crippen molar-refractivity contribution < 1.29 is 4.74 Å². The summed E-state index contributed by atoms with van der Waals surface area (Å²) in [7, 11) is 2.06. The Balaban J connectivity index is 0.00000144. The zero-order valence-electron chi connectivity index (χ0n) is 11.0. The average molecular weight is 263 g/mol. The van der Waals surface area contributed by atoms with Gasteiger partial charge >= 0.3 is 0 Å². The predicted molar refractivity (Wildman–Crippen MR) is 73.9 cm³/mol. The zero-order valence-corrected chi connectivity index (χ0v) is 11.8. The van der Waals surface area contributed by atoms with Crippen molar-refractivity contribution in [2.75, 3.05) is 39.8 Å². The molecule has 0 aromatic heterocycles. The van der Waals surface area contributed by atoms with Gasteiger partial charge in [0.15, 0.2) is 0 Å². The van der Waals surface area contributed by atoms with E-state index < -0.39 is 0 Å². The van der Waals surface area contributed by atoms with Crippen LogP contribution >= 0.6 is 12.4 Å². The van der Waals surface area contributed by atoms with E-state index in [1.807, 2.05) is 0 Å². The van der Waals surface area contributed by atoms with Crippen molar-refractivity contribution >= 4 is 12.4 Å². The highest BCUT2D eigenvalue weighted by Crippen LogP contribution is 2.19. The maximum atomic E-state index is 5.68. The SMILES string of the molecule is CNCC1CCCN(CCC2CCCO2)C1.Cl. The Bertz CT molecular complexity index is 196. The van der Waals surface area contributed by atoms with E-state index in [-0.39, 0.29) is 12.4 Å². The lowest BCUT2D eigenvalue weighted by Gasteiger charge is -2.33. The predicted octanol–water partition coefficient (Wildman–Crippen LogP) is 1.91. The van der Waals surface area contributed by atoms with Crippen molar-refractivity contribution in [2.45, 2.75) is 38.2 Å². The Hall–Kier alpha value is 0.170. The van der Waals surface area contributed by atoms with Crippen LogP contribution in [0.4, 0.5) is 0 Å². The standard InChI is InChI=1S/C13H26N2O.ClH/c1-14-10-12-4-2-7-15(11-12)8-6-13-5-3-9-16-13;/h12-14H,2-11H2,1H3;1H. The molecule has 0 aromatic rings. The molecule has 0 radical (unpaired) electrons. The Labute approximate surface area is 112 Å². The Morgan fingerprint density at radius 1 is 1.29 bits per heavy atom. The van der Waals surface area contributed by atoms with E-state index >= 15 is 0 Å². The van der Waals surface area contributed by atoms with Gasteiger partial charge in [0.1, 0.15) is 0 Å². The zero-order chi connectivity index (χ0) is 11.2. The smallest absolute Gasteiger partial charge is 0.0588 e. The summed E-state index contributed by atoms with van der Waals surface area (Å²) in [6.07, 6.45) is 7.13.